The second-order valence-electron chi connectivity index (χ2n) is 5.92. The molecule has 2 aromatic rings. The standard InChI is InChI=1S/C18H23N3O3/c1-2-24-17-5-3-15(4-6-17)18(22)20-16-11-19-21(13-16)12-14-7-9-23-10-8-14/h3-6,11,13-14H,2,7-10,12H2,1H3,(H,20,22). The first-order chi connectivity index (χ1) is 11.7. The van der Waals surface area contributed by atoms with Crippen LogP contribution >= 0.6 is 0 Å². The molecule has 1 aromatic carbocycles. The first-order valence-corrected chi connectivity index (χ1v) is 8.39. The van der Waals surface area contributed by atoms with E-state index in [0.29, 0.717) is 23.8 Å². The van der Waals surface area contributed by atoms with Crippen LogP contribution in [0.3, 0.4) is 0 Å². The molecule has 1 fully saturated rings. The molecule has 0 bridgehead atoms. The van der Waals surface area contributed by atoms with Crippen LogP contribution in [0.15, 0.2) is 36.7 Å². The topological polar surface area (TPSA) is 65.4 Å². The molecule has 1 aliphatic rings. The van der Waals surface area contributed by atoms with Gasteiger partial charge >= 0.3 is 0 Å². The number of carbonyl (C=O) groups is 1. The van der Waals surface area contributed by atoms with Crippen molar-refractivity contribution in [3.05, 3.63) is 42.2 Å². The van der Waals surface area contributed by atoms with Gasteiger partial charge in [0.15, 0.2) is 0 Å². The van der Waals surface area contributed by atoms with Gasteiger partial charge in [0.05, 0.1) is 18.5 Å². The third-order valence-corrected chi connectivity index (χ3v) is 4.10. The second kappa shape index (κ2) is 7.97. The predicted octanol–water partition coefficient (Wildman–Crippen LogP) is 2.96. The van der Waals surface area contributed by atoms with Gasteiger partial charge in [0.2, 0.25) is 0 Å². The lowest BCUT2D eigenvalue weighted by atomic mass is 10.0. The lowest BCUT2D eigenvalue weighted by Gasteiger charge is -2.21. The zero-order valence-electron chi connectivity index (χ0n) is 13.9. The molecule has 0 unspecified atom stereocenters. The van der Waals surface area contributed by atoms with Crippen LogP contribution in [0.1, 0.15) is 30.1 Å². The van der Waals surface area contributed by atoms with Gasteiger partial charge in [0.25, 0.3) is 5.91 Å². The summed E-state index contributed by atoms with van der Waals surface area (Å²) in [6.07, 6.45) is 5.69. The minimum Gasteiger partial charge on any atom is -0.494 e. The van der Waals surface area contributed by atoms with Crippen molar-refractivity contribution in [1.29, 1.82) is 0 Å². The first-order valence-electron chi connectivity index (χ1n) is 8.39. The van der Waals surface area contributed by atoms with Gasteiger partial charge in [-0.3, -0.25) is 9.48 Å². The van der Waals surface area contributed by atoms with E-state index in [0.717, 1.165) is 38.3 Å². The Labute approximate surface area is 141 Å². The van der Waals surface area contributed by atoms with E-state index in [9.17, 15) is 4.79 Å². The van der Waals surface area contributed by atoms with Gasteiger partial charge in [-0.25, -0.2) is 0 Å². The first kappa shape index (κ1) is 16.5. The van der Waals surface area contributed by atoms with Gasteiger partial charge in [-0.1, -0.05) is 0 Å². The molecule has 0 spiro atoms. The number of carbonyl (C=O) groups excluding carboxylic acids is 1. The van der Waals surface area contributed by atoms with Crippen LogP contribution in [0.4, 0.5) is 5.69 Å². The molecule has 128 valence electrons. The van der Waals surface area contributed by atoms with Crippen LogP contribution in [-0.4, -0.2) is 35.5 Å². The number of amides is 1. The molecular formula is C18H23N3O3. The summed E-state index contributed by atoms with van der Waals surface area (Å²) in [5.74, 6) is 1.20. The molecule has 3 rings (SSSR count). The van der Waals surface area contributed by atoms with Gasteiger partial charge in [-0.05, 0) is 49.9 Å². The third-order valence-electron chi connectivity index (χ3n) is 4.10. The summed E-state index contributed by atoms with van der Waals surface area (Å²) in [6.45, 7) is 5.05. The Kier molecular flexibility index (Phi) is 5.48. The highest BCUT2D eigenvalue weighted by molar-refractivity contribution is 6.04. The second-order valence-corrected chi connectivity index (χ2v) is 5.92. The van der Waals surface area contributed by atoms with Crippen LogP contribution in [0.25, 0.3) is 0 Å². The number of hydrogen-bond donors (Lipinski definition) is 1. The molecule has 1 saturated heterocycles. The maximum atomic E-state index is 12.3. The van der Waals surface area contributed by atoms with Gasteiger partial charge in [0, 0.05) is 31.5 Å². The minimum atomic E-state index is -0.149. The molecule has 0 saturated carbocycles. The third kappa shape index (κ3) is 4.35. The molecule has 0 atom stereocenters. The molecule has 1 N–H and O–H groups in total. The van der Waals surface area contributed by atoms with E-state index in [1.165, 1.54) is 0 Å². The van der Waals surface area contributed by atoms with Crippen LogP contribution in [0, 0.1) is 5.92 Å². The van der Waals surface area contributed by atoms with E-state index in [1.807, 2.05) is 17.8 Å². The fourth-order valence-corrected chi connectivity index (χ4v) is 2.79. The fourth-order valence-electron chi connectivity index (χ4n) is 2.79. The van der Waals surface area contributed by atoms with Crippen LogP contribution in [0.5, 0.6) is 5.75 Å². The highest BCUT2D eigenvalue weighted by Crippen LogP contribution is 2.18. The summed E-state index contributed by atoms with van der Waals surface area (Å²) < 4.78 is 12.6. The number of nitrogens with zero attached hydrogens (tertiary/aromatic N) is 2. The lowest BCUT2D eigenvalue weighted by molar-refractivity contribution is 0.0601. The van der Waals surface area contributed by atoms with Crippen LogP contribution in [-0.2, 0) is 11.3 Å². The Morgan fingerprint density at radius 2 is 2.08 bits per heavy atom. The maximum Gasteiger partial charge on any atom is 0.255 e. The largest absolute Gasteiger partial charge is 0.494 e. The smallest absolute Gasteiger partial charge is 0.255 e. The molecule has 2 heterocycles. The Hall–Kier alpha value is -2.34. The Morgan fingerprint density at radius 3 is 2.79 bits per heavy atom. The number of nitrogens with one attached hydrogen (secondary N) is 1. The highest BCUT2D eigenvalue weighted by atomic mass is 16.5. The average molecular weight is 329 g/mol. The van der Waals surface area contributed by atoms with Crippen LogP contribution < -0.4 is 10.1 Å². The number of hydrogen-bond acceptors (Lipinski definition) is 4. The van der Waals surface area contributed by atoms with Crippen molar-refractivity contribution in [3.8, 4) is 5.75 Å². The number of benzene rings is 1. The normalized spacial score (nSPS) is 15.2. The molecular weight excluding hydrogens is 306 g/mol. The van der Waals surface area contributed by atoms with Crippen molar-refractivity contribution in [3.63, 3.8) is 0 Å². The van der Waals surface area contributed by atoms with Crippen LogP contribution in [0.2, 0.25) is 0 Å². The van der Waals surface area contributed by atoms with E-state index in [-0.39, 0.29) is 5.91 Å². The lowest BCUT2D eigenvalue weighted by Crippen LogP contribution is -2.20. The fraction of sp³-hybridized carbons (Fsp3) is 0.444. The van der Waals surface area contributed by atoms with Crippen molar-refractivity contribution in [1.82, 2.24) is 9.78 Å². The monoisotopic (exact) mass is 329 g/mol. The summed E-state index contributed by atoms with van der Waals surface area (Å²) in [7, 11) is 0. The molecule has 6 heteroatoms. The molecule has 1 aliphatic heterocycles. The van der Waals surface area contributed by atoms with Gasteiger partial charge in [0.1, 0.15) is 5.75 Å². The number of ether oxygens (including phenoxy) is 2. The van der Waals surface area contributed by atoms with E-state index in [2.05, 4.69) is 10.4 Å². The molecule has 6 nitrogen and oxygen atoms in total. The summed E-state index contributed by atoms with van der Waals surface area (Å²) in [5, 5.41) is 7.22. The van der Waals surface area contributed by atoms with Crippen molar-refractivity contribution < 1.29 is 14.3 Å². The Bertz CT molecular complexity index is 660. The Morgan fingerprint density at radius 1 is 1.33 bits per heavy atom. The van der Waals surface area contributed by atoms with Crippen molar-refractivity contribution in [2.45, 2.75) is 26.3 Å². The summed E-state index contributed by atoms with van der Waals surface area (Å²) in [6, 6.07) is 7.11. The maximum absolute atomic E-state index is 12.3. The number of anilines is 1. The van der Waals surface area contributed by atoms with Crippen molar-refractivity contribution in [2.75, 3.05) is 25.1 Å². The SMILES string of the molecule is CCOc1ccc(C(=O)Nc2cnn(CC3CCOCC3)c2)cc1. The quantitative estimate of drug-likeness (QED) is 0.885. The number of aromatic nitrogens is 2. The van der Waals surface area contributed by atoms with Gasteiger partial charge in [-0.15, -0.1) is 0 Å². The molecule has 0 radical (unpaired) electrons. The molecule has 1 amide bonds. The summed E-state index contributed by atoms with van der Waals surface area (Å²) in [4.78, 5) is 12.3. The summed E-state index contributed by atoms with van der Waals surface area (Å²) in [5.41, 5.74) is 1.30. The van der Waals surface area contributed by atoms with Crippen molar-refractivity contribution in [2.24, 2.45) is 5.92 Å². The zero-order valence-corrected chi connectivity index (χ0v) is 13.9. The summed E-state index contributed by atoms with van der Waals surface area (Å²) >= 11 is 0. The van der Waals surface area contributed by atoms with Crippen molar-refractivity contribution >= 4 is 11.6 Å². The average Bonchev–Trinajstić information content (AvgIpc) is 3.03. The highest BCUT2D eigenvalue weighted by Gasteiger charge is 2.15. The van der Waals surface area contributed by atoms with Gasteiger partial charge < -0.3 is 14.8 Å². The van der Waals surface area contributed by atoms with Gasteiger partial charge in [-0.2, -0.15) is 5.10 Å². The Balaban J connectivity index is 1.56. The predicted molar refractivity (Wildman–Crippen MR) is 91.3 cm³/mol. The molecule has 0 aliphatic carbocycles. The van der Waals surface area contributed by atoms with E-state index >= 15 is 0 Å². The van der Waals surface area contributed by atoms with E-state index < -0.39 is 0 Å². The van der Waals surface area contributed by atoms with E-state index in [1.54, 1.807) is 30.5 Å². The minimum absolute atomic E-state index is 0.149. The molecule has 24 heavy (non-hydrogen) atoms. The zero-order chi connectivity index (χ0) is 16.8. The molecule has 1 aromatic heterocycles. The number of rotatable bonds is 6. The van der Waals surface area contributed by atoms with E-state index in [4.69, 9.17) is 9.47 Å².